The van der Waals surface area contributed by atoms with Crippen molar-refractivity contribution >= 4 is 23.2 Å². The predicted molar refractivity (Wildman–Crippen MR) is 114 cm³/mol. The number of carbonyl (C=O) groups excluding carboxylic acids is 2. The number of benzene rings is 2. The van der Waals surface area contributed by atoms with Crippen LogP contribution in [0.4, 0.5) is 16.2 Å². The molecule has 2 amide bonds. The number of anilines is 2. The van der Waals surface area contributed by atoms with Gasteiger partial charge in [-0.15, -0.1) is 0 Å². The molecule has 1 fully saturated rings. The number of fused-ring (bicyclic) bond motifs is 3. The summed E-state index contributed by atoms with van der Waals surface area (Å²) in [4.78, 5) is 27.3. The van der Waals surface area contributed by atoms with Crippen LogP contribution in [0, 0.1) is 0 Å². The maximum absolute atomic E-state index is 13.3. The Labute approximate surface area is 172 Å². The number of ketones is 1. The number of aromatic nitrogens is 2. The van der Waals surface area contributed by atoms with E-state index in [2.05, 4.69) is 37.9 Å². The molecule has 0 radical (unpaired) electrons. The number of rotatable bonds is 3. The average Bonchev–Trinajstić information content (AvgIpc) is 3.35. The van der Waals surface area contributed by atoms with Crippen molar-refractivity contribution in [2.45, 2.75) is 0 Å². The maximum atomic E-state index is 13.3. The lowest BCUT2D eigenvalue weighted by molar-refractivity contribution is 0.104. The summed E-state index contributed by atoms with van der Waals surface area (Å²) < 4.78 is 0. The van der Waals surface area contributed by atoms with Crippen LogP contribution in [0.2, 0.25) is 0 Å². The standard InChI is InChI=1S/C21H21N7O2/c22-25-21(30)24-15-3-1-2-14-16(15)20(29)17-18(26-27-19(14)17)12-4-6-13(7-5-12)28-10-8-23-9-11-28/h1-7,23H,8-11,22H2,(H,26,27)(H2,24,25,30). The van der Waals surface area contributed by atoms with Crippen LogP contribution in [0.25, 0.3) is 22.5 Å². The first kappa shape index (κ1) is 18.3. The van der Waals surface area contributed by atoms with Gasteiger partial charge in [0.1, 0.15) is 5.69 Å². The smallest absolute Gasteiger partial charge is 0.333 e. The minimum Gasteiger partial charge on any atom is -0.369 e. The van der Waals surface area contributed by atoms with Crippen molar-refractivity contribution in [3.05, 3.63) is 53.6 Å². The summed E-state index contributed by atoms with van der Waals surface area (Å²) in [6.07, 6.45) is 0. The van der Waals surface area contributed by atoms with Gasteiger partial charge in [-0.05, 0) is 18.2 Å². The Kier molecular flexibility index (Phi) is 4.46. The third-order valence-electron chi connectivity index (χ3n) is 5.56. The van der Waals surface area contributed by atoms with Gasteiger partial charge in [0.15, 0.2) is 5.78 Å². The fourth-order valence-electron chi connectivity index (χ4n) is 4.11. The maximum Gasteiger partial charge on any atom is 0.333 e. The molecule has 6 N–H and O–H groups in total. The molecule has 152 valence electrons. The van der Waals surface area contributed by atoms with E-state index in [9.17, 15) is 9.59 Å². The third-order valence-corrected chi connectivity index (χ3v) is 5.56. The normalized spacial score (nSPS) is 15.0. The average molecular weight is 403 g/mol. The molecule has 0 spiro atoms. The first-order valence-electron chi connectivity index (χ1n) is 9.77. The summed E-state index contributed by atoms with van der Waals surface area (Å²) >= 11 is 0. The Balaban J connectivity index is 1.49. The minimum absolute atomic E-state index is 0.178. The molecule has 0 atom stereocenters. The second kappa shape index (κ2) is 7.29. The lowest BCUT2D eigenvalue weighted by Crippen LogP contribution is -2.43. The van der Waals surface area contributed by atoms with E-state index in [1.54, 1.807) is 12.1 Å². The summed E-state index contributed by atoms with van der Waals surface area (Å²) in [7, 11) is 0. The van der Waals surface area contributed by atoms with E-state index >= 15 is 0 Å². The second-order valence-corrected chi connectivity index (χ2v) is 7.26. The topological polar surface area (TPSA) is 128 Å². The molecule has 3 aromatic rings. The van der Waals surface area contributed by atoms with Gasteiger partial charge in [0.05, 0.1) is 22.5 Å². The lowest BCUT2D eigenvalue weighted by atomic mass is 10.0. The fourth-order valence-corrected chi connectivity index (χ4v) is 4.11. The van der Waals surface area contributed by atoms with E-state index in [-0.39, 0.29) is 5.78 Å². The van der Waals surface area contributed by atoms with Crippen LogP contribution in [0.5, 0.6) is 0 Å². The number of hydrogen-bond donors (Lipinski definition) is 5. The van der Waals surface area contributed by atoms with Gasteiger partial charge in [0.25, 0.3) is 0 Å². The Hall–Kier alpha value is -3.69. The molecule has 1 saturated heterocycles. The molecular formula is C21H21N7O2. The summed E-state index contributed by atoms with van der Waals surface area (Å²) in [5.74, 6) is 4.98. The zero-order valence-corrected chi connectivity index (χ0v) is 16.2. The van der Waals surface area contributed by atoms with E-state index in [0.29, 0.717) is 33.8 Å². The van der Waals surface area contributed by atoms with Crippen molar-refractivity contribution in [3.63, 3.8) is 0 Å². The SMILES string of the molecule is NNC(=O)Nc1cccc2c1C(=O)c1c-2n[nH]c1-c1ccc(N2CCNCC2)cc1. The summed E-state index contributed by atoms with van der Waals surface area (Å²) in [6, 6.07) is 12.8. The molecule has 9 nitrogen and oxygen atoms in total. The van der Waals surface area contributed by atoms with E-state index in [1.165, 1.54) is 0 Å². The predicted octanol–water partition coefficient (Wildman–Crippen LogP) is 1.69. The molecule has 0 bridgehead atoms. The number of piperazine rings is 1. The molecule has 1 aliphatic heterocycles. The number of nitrogens with zero attached hydrogens (tertiary/aromatic N) is 2. The molecule has 1 aromatic heterocycles. The summed E-state index contributed by atoms with van der Waals surface area (Å²) in [6.45, 7) is 3.89. The molecular weight excluding hydrogens is 382 g/mol. The van der Waals surface area contributed by atoms with Crippen molar-refractivity contribution in [1.29, 1.82) is 0 Å². The Morgan fingerprint density at radius 2 is 1.83 bits per heavy atom. The van der Waals surface area contributed by atoms with Crippen LogP contribution in [-0.4, -0.2) is 48.2 Å². The second-order valence-electron chi connectivity index (χ2n) is 7.26. The van der Waals surface area contributed by atoms with Gasteiger partial charge >= 0.3 is 6.03 Å². The minimum atomic E-state index is -0.592. The molecule has 2 aromatic carbocycles. The quantitative estimate of drug-likeness (QED) is 0.201. The Morgan fingerprint density at radius 3 is 2.57 bits per heavy atom. The molecule has 2 heterocycles. The first-order chi connectivity index (χ1) is 14.7. The third kappa shape index (κ3) is 2.92. The van der Waals surface area contributed by atoms with Gasteiger partial charge in [-0.2, -0.15) is 5.10 Å². The van der Waals surface area contributed by atoms with Crippen LogP contribution >= 0.6 is 0 Å². The highest BCUT2D eigenvalue weighted by Crippen LogP contribution is 2.43. The summed E-state index contributed by atoms with van der Waals surface area (Å²) in [5, 5.41) is 13.4. The number of nitrogens with one attached hydrogen (secondary N) is 4. The number of nitrogens with two attached hydrogens (primary N) is 1. The number of urea groups is 1. The molecule has 30 heavy (non-hydrogen) atoms. The van der Waals surface area contributed by atoms with Gasteiger partial charge in [-0.1, -0.05) is 24.3 Å². The molecule has 0 unspecified atom stereocenters. The van der Waals surface area contributed by atoms with Crippen LogP contribution in [0.3, 0.4) is 0 Å². The van der Waals surface area contributed by atoms with Crippen molar-refractivity contribution in [2.75, 3.05) is 36.4 Å². The van der Waals surface area contributed by atoms with Gasteiger partial charge in [0.2, 0.25) is 0 Å². The zero-order valence-electron chi connectivity index (χ0n) is 16.2. The molecule has 5 rings (SSSR count). The highest BCUT2D eigenvalue weighted by atomic mass is 16.2. The summed E-state index contributed by atoms with van der Waals surface area (Å²) in [5.41, 5.74) is 7.35. The highest BCUT2D eigenvalue weighted by Gasteiger charge is 2.35. The van der Waals surface area contributed by atoms with Crippen LogP contribution in [0.15, 0.2) is 42.5 Å². The van der Waals surface area contributed by atoms with E-state index in [1.807, 2.05) is 23.6 Å². The number of hydrazine groups is 1. The first-order valence-corrected chi connectivity index (χ1v) is 9.77. The van der Waals surface area contributed by atoms with Crippen molar-refractivity contribution in [3.8, 4) is 22.5 Å². The number of amides is 2. The van der Waals surface area contributed by atoms with Gasteiger partial charge < -0.3 is 15.5 Å². The molecule has 1 aliphatic carbocycles. The van der Waals surface area contributed by atoms with Crippen molar-refractivity contribution in [2.24, 2.45) is 5.84 Å². The Bertz CT molecular complexity index is 1130. The molecule has 9 heteroatoms. The monoisotopic (exact) mass is 403 g/mol. The number of carbonyl (C=O) groups is 2. The van der Waals surface area contributed by atoms with Crippen LogP contribution < -0.4 is 26.8 Å². The lowest BCUT2D eigenvalue weighted by Gasteiger charge is -2.29. The number of hydrogen-bond acceptors (Lipinski definition) is 6. The van der Waals surface area contributed by atoms with E-state index in [0.717, 1.165) is 37.4 Å². The number of aromatic amines is 1. The van der Waals surface area contributed by atoms with Crippen LogP contribution in [-0.2, 0) is 0 Å². The molecule has 2 aliphatic rings. The Morgan fingerprint density at radius 1 is 1.07 bits per heavy atom. The van der Waals surface area contributed by atoms with Crippen molar-refractivity contribution in [1.82, 2.24) is 20.9 Å². The highest BCUT2D eigenvalue weighted by molar-refractivity contribution is 6.26. The van der Waals surface area contributed by atoms with E-state index < -0.39 is 6.03 Å². The van der Waals surface area contributed by atoms with E-state index in [4.69, 9.17) is 5.84 Å². The van der Waals surface area contributed by atoms with Crippen molar-refractivity contribution < 1.29 is 9.59 Å². The van der Waals surface area contributed by atoms with Gasteiger partial charge in [0, 0.05) is 43.0 Å². The fraction of sp³-hybridized carbons (Fsp3) is 0.190. The van der Waals surface area contributed by atoms with Gasteiger partial charge in [-0.3, -0.25) is 15.3 Å². The molecule has 0 saturated carbocycles. The van der Waals surface area contributed by atoms with Crippen LogP contribution in [0.1, 0.15) is 15.9 Å². The largest absolute Gasteiger partial charge is 0.369 e. The number of H-pyrrole nitrogens is 1. The zero-order chi connectivity index (χ0) is 20.7. The van der Waals surface area contributed by atoms with Gasteiger partial charge in [-0.25, -0.2) is 10.6 Å².